The molecule has 0 rings (SSSR count). The van der Waals surface area contributed by atoms with Crippen molar-refractivity contribution in [2.45, 2.75) is 6.92 Å². The van der Waals surface area contributed by atoms with E-state index in [4.69, 9.17) is 9.90 Å². The van der Waals surface area contributed by atoms with Gasteiger partial charge in [0.05, 0.1) is 0 Å². The molecule has 0 aromatic rings. The Morgan fingerprint density at radius 2 is 1.57 bits per heavy atom. The third kappa shape index (κ3) is 435. The third-order valence-electron chi connectivity index (χ3n) is 0. The molecule has 3 N–H and O–H groups in total. The molecular weight excluding hydrogens is 106 g/mol. The molecule has 0 radical (unpaired) electrons. The Balaban J connectivity index is -0.0000000150. The molecular formula is C2H10AlLiO3. The van der Waals surface area contributed by atoms with Gasteiger partial charge in [-0.1, -0.05) is 0 Å². The van der Waals surface area contributed by atoms with Crippen molar-refractivity contribution in [3.05, 3.63) is 0 Å². The SMILES string of the molecule is CC(=O)O.O.[AlH3].[LiH]. The van der Waals surface area contributed by atoms with Crippen LogP contribution in [-0.4, -0.2) is 52.8 Å². The molecule has 0 aliphatic heterocycles. The van der Waals surface area contributed by atoms with E-state index in [1.807, 2.05) is 0 Å². The molecule has 0 heterocycles. The van der Waals surface area contributed by atoms with E-state index in [0.717, 1.165) is 6.92 Å². The summed E-state index contributed by atoms with van der Waals surface area (Å²) >= 11 is 0. The van der Waals surface area contributed by atoms with E-state index in [0.29, 0.717) is 0 Å². The zero-order chi connectivity index (χ0) is 3.58. The van der Waals surface area contributed by atoms with Gasteiger partial charge < -0.3 is 10.6 Å². The van der Waals surface area contributed by atoms with Crippen molar-refractivity contribution in [3.63, 3.8) is 0 Å². The van der Waals surface area contributed by atoms with Crippen molar-refractivity contribution in [1.29, 1.82) is 0 Å². The number of hydrogen-bond donors (Lipinski definition) is 1. The summed E-state index contributed by atoms with van der Waals surface area (Å²) in [4.78, 5) is 9.00. The molecule has 0 bridgehead atoms. The molecule has 0 fully saturated rings. The molecule has 0 saturated heterocycles. The second-order valence-corrected chi connectivity index (χ2v) is 0.519. The van der Waals surface area contributed by atoms with E-state index >= 15 is 0 Å². The molecule has 0 atom stereocenters. The Labute approximate surface area is 64.7 Å². The first kappa shape index (κ1) is 25.7. The summed E-state index contributed by atoms with van der Waals surface area (Å²) in [5.74, 6) is -0.833. The first-order valence-corrected chi connectivity index (χ1v) is 0.928. The molecule has 3 nitrogen and oxygen atoms in total. The van der Waals surface area contributed by atoms with E-state index in [1.54, 1.807) is 0 Å². The molecule has 0 spiro atoms. The van der Waals surface area contributed by atoms with Gasteiger partial charge in [0.2, 0.25) is 0 Å². The van der Waals surface area contributed by atoms with E-state index in [9.17, 15) is 0 Å². The van der Waals surface area contributed by atoms with E-state index in [1.165, 1.54) is 0 Å². The van der Waals surface area contributed by atoms with Crippen molar-refractivity contribution >= 4 is 42.2 Å². The summed E-state index contributed by atoms with van der Waals surface area (Å²) in [5.41, 5.74) is 0. The normalized spacial score (nSPS) is 3.57. The van der Waals surface area contributed by atoms with Gasteiger partial charge in [-0.15, -0.1) is 0 Å². The van der Waals surface area contributed by atoms with E-state index < -0.39 is 5.97 Å². The van der Waals surface area contributed by atoms with E-state index in [2.05, 4.69) is 0 Å². The van der Waals surface area contributed by atoms with Crippen LogP contribution in [0.3, 0.4) is 0 Å². The molecule has 7 heavy (non-hydrogen) atoms. The van der Waals surface area contributed by atoms with Gasteiger partial charge in [0.15, 0.2) is 17.4 Å². The maximum atomic E-state index is 9.00. The van der Waals surface area contributed by atoms with Crippen molar-refractivity contribution in [2.75, 3.05) is 0 Å². The van der Waals surface area contributed by atoms with Crippen LogP contribution in [0.5, 0.6) is 0 Å². The summed E-state index contributed by atoms with van der Waals surface area (Å²) in [6.07, 6.45) is 0. The second-order valence-electron chi connectivity index (χ2n) is 0.519. The number of carboxylic acids is 1. The number of carboxylic acid groups (broad SMARTS) is 1. The summed E-state index contributed by atoms with van der Waals surface area (Å²) < 4.78 is 0. The monoisotopic (exact) mass is 116 g/mol. The van der Waals surface area contributed by atoms with Crippen LogP contribution in [0.4, 0.5) is 0 Å². The Morgan fingerprint density at radius 3 is 1.57 bits per heavy atom. The van der Waals surface area contributed by atoms with Crippen LogP contribution >= 0.6 is 0 Å². The van der Waals surface area contributed by atoms with Crippen LogP contribution in [-0.2, 0) is 4.79 Å². The Hall–Kier alpha value is 0.560. The molecule has 0 aliphatic carbocycles. The zero-order valence-corrected chi connectivity index (χ0v) is 2.86. The topological polar surface area (TPSA) is 68.8 Å². The Bertz CT molecular complexity index is 35.9. The Kier molecular flexibility index (Phi) is 58.7. The van der Waals surface area contributed by atoms with Crippen LogP contribution in [0.1, 0.15) is 6.92 Å². The zero-order valence-electron chi connectivity index (χ0n) is 2.86. The van der Waals surface area contributed by atoms with Crippen molar-refractivity contribution < 1.29 is 15.4 Å². The molecule has 40 valence electrons. The quantitative estimate of drug-likeness (QED) is 0.353. The van der Waals surface area contributed by atoms with Gasteiger partial charge in [0.1, 0.15) is 0 Å². The third-order valence-corrected chi connectivity index (χ3v) is 0. The van der Waals surface area contributed by atoms with Crippen LogP contribution in [0.25, 0.3) is 0 Å². The fraction of sp³-hybridized carbons (Fsp3) is 0.500. The number of carbonyl (C=O) groups is 1. The van der Waals surface area contributed by atoms with Crippen molar-refractivity contribution in [3.8, 4) is 0 Å². The van der Waals surface area contributed by atoms with Crippen LogP contribution < -0.4 is 0 Å². The summed E-state index contributed by atoms with van der Waals surface area (Å²) in [6.45, 7) is 1.08. The summed E-state index contributed by atoms with van der Waals surface area (Å²) in [5, 5.41) is 7.42. The van der Waals surface area contributed by atoms with Gasteiger partial charge in [-0.25, -0.2) is 0 Å². The van der Waals surface area contributed by atoms with Crippen molar-refractivity contribution in [2.24, 2.45) is 0 Å². The average molecular weight is 116 g/mol. The molecule has 0 unspecified atom stereocenters. The van der Waals surface area contributed by atoms with Gasteiger partial charge in [-0.3, -0.25) is 4.79 Å². The first-order chi connectivity index (χ1) is 1.73. The molecule has 0 saturated carbocycles. The maximum absolute atomic E-state index is 9.00. The molecule has 0 amide bonds. The van der Waals surface area contributed by atoms with E-state index in [-0.39, 0.29) is 41.7 Å². The molecule has 0 aromatic carbocycles. The fourth-order valence-electron chi connectivity index (χ4n) is 0. The van der Waals surface area contributed by atoms with Crippen LogP contribution in [0.15, 0.2) is 0 Å². The molecule has 5 heteroatoms. The number of rotatable bonds is 0. The summed E-state index contributed by atoms with van der Waals surface area (Å²) in [6, 6.07) is 0. The Morgan fingerprint density at radius 1 is 1.57 bits per heavy atom. The average Bonchev–Trinajstić information content (AvgIpc) is 0.811. The molecule has 0 aromatic heterocycles. The van der Waals surface area contributed by atoms with Crippen LogP contribution in [0, 0.1) is 0 Å². The predicted molar refractivity (Wildman–Crippen MR) is 34.0 cm³/mol. The first-order valence-electron chi connectivity index (χ1n) is 0.928. The standard InChI is InChI=1S/C2H4O2.Al.Li.H2O.4H/c1-2(3)4;;;;;;;/h1H3,(H,3,4);;;1H2;;;;. The fourth-order valence-corrected chi connectivity index (χ4v) is 0. The van der Waals surface area contributed by atoms with Gasteiger partial charge in [-0.05, 0) is 0 Å². The minimum atomic E-state index is -0.833. The van der Waals surface area contributed by atoms with Gasteiger partial charge in [0, 0.05) is 6.92 Å². The summed E-state index contributed by atoms with van der Waals surface area (Å²) in [7, 11) is 0. The number of hydrogen-bond acceptors (Lipinski definition) is 1. The number of aliphatic carboxylic acids is 1. The minimum absolute atomic E-state index is 0. The van der Waals surface area contributed by atoms with Crippen LogP contribution in [0.2, 0.25) is 0 Å². The van der Waals surface area contributed by atoms with Crippen molar-refractivity contribution in [1.82, 2.24) is 0 Å². The second kappa shape index (κ2) is 16.0. The molecule has 0 aliphatic rings. The van der Waals surface area contributed by atoms with Gasteiger partial charge in [-0.2, -0.15) is 0 Å². The van der Waals surface area contributed by atoms with Gasteiger partial charge in [0.25, 0.3) is 5.97 Å². The predicted octanol–water partition coefficient (Wildman–Crippen LogP) is -2.57. The van der Waals surface area contributed by atoms with Gasteiger partial charge >= 0.3 is 18.9 Å².